The summed E-state index contributed by atoms with van der Waals surface area (Å²) in [5, 5.41) is 17.9. The van der Waals surface area contributed by atoms with E-state index in [4.69, 9.17) is 10.8 Å². The molecular formula is C8H9N3O4. The largest absolute Gasteiger partial charge is 0.467 e. The van der Waals surface area contributed by atoms with Gasteiger partial charge in [0.1, 0.15) is 0 Å². The molecule has 1 unspecified atom stereocenters. The molecule has 0 radical (unpaired) electrons. The number of hydrogen-bond acceptors (Lipinski definition) is 4. The molecule has 0 spiro atoms. The van der Waals surface area contributed by atoms with Gasteiger partial charge in [0, 0.05) is 5.01 Å². The highest BCUT2D eigenvalue weighted by molar-refractivity contribution is 5.64. The van der Waals surface area contributed by atoms with Crippen LogP contribution in [0.15, 0.2) is 30.3 Å². The van der Waals surface area contributed by atoms with Gasteiger partial charge in [-0.25, -0.2) is 14.9 Å². The molecule has 0 heterocycles. The third-order valence-electron chi connectivity index (χ3n) is 1.78. The number of nitro groups is 1. The van der Waals surface area contributed by atoms with Gasteiger partial charge in [-0.3, -0.25) is 0 Å². The van der Waals surface area contributed by atoms with E-state index in [2.05, 4.69) is 0 Å². The third-order valence-corrected chi connectivity index (χ3v) is 1.78. The van der Waals surface area contributed by atoms with Crippen molar-refractivity contribution in [2.24, 2.45) is 5.73 Å². The minimum absolute atomic E-state index is 0.0463. The van der Waals surface area contributed by atoms with Crippen LogP contribution in [0.25, 0.3) is 0 Å². The number of hydrogen-bond donors (Lipinski definition) is 2. The maximum absolute atomic E-state index is 10.6. The van der Waals surface area contributed by atoms with Crippen molar-refractivity contribution in [2.75, 3.05) is 0 Å². The van der Waals surface area contributed by atoms with Crippen molar-refractivity contribution in [2.45, 2.75) is 6.17 Å². The van der Waals surface area contributed by atoms with Gasteiger partial charge >= 0.3 is 6.09 Å². The van der Waals surface area contributed by atoms with E-state index in [-0.39, 0.29) is 5.01 Å². The number of nitrogens with two attached hydrogens (primary N) is 1. The van der Waals surface area contributed by atoms with Crippen LogP contribution in [-0.2, 0) is 0 Å². The number of hydrazine groups is 1. The Hall–Kier alpha value is -2.15. The maximum Gasteiger partial charge on any atom is 0.467 e. The molecule has 1 aromatic carbocycles. The van der Waals surface area contributed by atoms with Crippen molar-refractivity contribution >= 4 is 6.09 Å². The Morgan fingerprint density at radius 1 is 1.47 bits per heavy atom. The first-order chi connectivity index (χ1) is 7.04. The summed E-state index contributed by atoms with van der Waals surface area (Å²) in [7, 11) is 0. The first kappa shape index (κ1) is 10.9. The zero-order valence-electron chi connectivity index (χ0n) is 7.61. The van der Waals surface area contributed by atoms with Gasteiger partial charge in [0.25, 0.3) is 0 Å². The lowest BCUT2D eigenvalue weighted by atomic mass is 10.2. The molecule has 80 valence electrons. The Morgan fingerprint density at radius 2 is 2.00 bits per heavy atom. The topological polar surface area (TPSA) is 110 Å². The molecule has 0 bridgehead atoms. The van der Waals surface area contributed by atoms with Crippen molar-refractivity contribution in [3.63, 3.8) is 0 Å². The molecule has 1 atom stereocenters. The fourth-order valence-electron chi connectivity index (χ4n) is 1.08. The van der Waals surface area contributed by atoms with Gasteiger partial charge in [0.05, 0.1) is 0 Å². The Bertz CT molecular complexity index is 353. The first-order valence-corrected chi connectivity index (χ1v) is 4.01. The quantitative estimate of drug-likeness (QED) is 0.436. The van der Waals surface area contributed by atoms with E-state index in [1.54, 1.807) is 18.2 Å². The number of rotatable bonds is 3. The molecule has 0 aliphatic heterocycles. The van der Waals surface area contributed by atoms with Gasteiger partial charge in [-0.05, 0) is 5.56 Å². The van der Waals surface area contributed by atoms with E-state index >= 15 is 0 Å². The minimum atomic E-state index is -1.70. The summed E-state index contributed by atoms with van der Waals surface area (Å²) in [4.78, 5) is 21.0. The van der Waals surface area contributed by atoms with Gasteiger partial charge in [-0.1, -0.05) is 30.3 Å². The molecule has 0 aliphatic rings. The third kappa shape index (κ3) is 2.41. The molecule has 1 amide bonds. The minimum Gasteiger partial charge on any atom is -0.461 e. The Labute approximate surface area is 84.8 Å². The predicted molar refractivity (Wildman–Crippen MR) is 50.2 cm³/mol. The zero-order valence-corrected chi connectivity index (χ0v) is 7.61. The fourth-order valence-corrected chi connectivity index (χ4v) is 1.08. The maximum atomic E-state index is 10.6. The number of benzene rings is 1. The number of amides is 1. The standard InChI is InChI=1S/C8H9N3O4/c9-7(6-4-2-1-3-5-6)10(8(12)13)11(14)15/h1-5,7H,9H2,(H,12,13). The van der Waals surface area contributed by atoms with E-state index in [1.165, 1.54) is 12.1 Å². The molecule has 3 N–H and O–H groups in total. The van der Waals surface area contributed by atoms with Crippen molar-refractivity contribution < 1.29 is 14.9 Å². The SMILES string of the molecule is NC(c1ccccc1)N(C(=O)O)[N+](=O)[O-]. The lowest BCUT2D eigenvalue weighted by molar-refractivity contribution is -0.645. The predicted octanol–water partition coefficient (Wildman–Crippen LogP) is 0.816. The van der Waals surface area contributed by atoms with Gasteiger partial charge in [-0.15, -0.1) is 0 Å². The van der Waals surface area contributed by atoms with Gasteiger partial charge in [0.2, 0.25) is 0 Å². The molecule has 1 aromatic rings. The second-order valence-electron chi connectivity index (χ2n) is 2.72. The lowest BCUT2D eigenvalue weighted by Gasteiger charge is -2.16. The fraction of sp³-hybridized carbons (Fsp3) is 0.125. The lowest BCUT2D eigenvalue weighted by Crippen LogP contribution is -2.42. The van der Waals surface area contributed by atoms with Crippen LogP contribution < -0.4 is 5.73 Å². The van der Waals surface area contributed by atoms with Crippen LogP contribution in [-0.4, -0.2) is 21.2 Å². The van der Waals surface area contributed by atoms with Crippen LogP contribution >= 0.6 is 0 Å². The summed E-state index contributed by atoms with van der Waals surface area (Å²) in [5.41, 5.74) is 5.80. The number of carboxylic acid groups (broad SMARTS) is 1. The van der Waals surface area contributed by atoms with Gasteiger partial charge in [0.15, 0.2) is 11.2 Å². The smallest absolute Gasteiger partial charge is 0.461 e. The molecule has 0 saturated heterocycles. The molecule has 7 heteroatoms. The number of carbonyl (C=O) groups is 1. The average molecular weight is 211 g/mol. The summed E-state index contributed by atoms with van der Waals surface area (Å²) >= 11 is 0. The van der Waals surface area contributed by atoms with Crippen molar-refractivity contribution in [1.29, 1.82) is 0 Å². The Kier molecular flexibility index (Phi) is 3.19. The van der Waals surface area contributed by atoms with E-state index < -0.39 is 17.3 Å². The van der Waals surface area contributed by atoms with Gasteiger partial charge in [-0.2, -0.15) is 0 Å². The molecule has 0 saturated carbocycles. The molecule has 7 nitrogen and oxygen atoms in total. The van der Waals surface area contributed by atoms with E-state index in [9.17, 15) is 14.9 Å². The molecular weight excluding hydrogens is 202 g/mol. The zero-order chi connectivity index (χ0) is 11.4. The Balaban J connectivity index is 2.96. The van der Waals surface area contributed by atoms with Crippen LogP contribution in [0.2, 0.25) is 0 Å². The second-order valence-corrected chi connectivity index (χ2v) is 2.72. The first-order valence-electron chi connectivity index (χ1n) is 4.01. The van der Waals surface area contributed by atoms with E-state index in [0.29, 0.717) is 5.56 Å². The summed E-state index contributed by atoms with van der Waals surface area (Å²) in [5.74, 6) is 0. The summed E-state index contributed by atoms with van der Waals surface area (Å²) < 4.78 is 0. The van der Waals surface area contributed by atoms with Crippen LogP contribution in [0.1, 0.15) is 11.7 Å². The summed E-state index contributed by atoms with van der Waals surface area (Å²) in [6, 6.07) is 7.98. The summed E-state index contributed by atoms with van der Waals surface area (Å²) in [6.45, 7) is 0. The van der Waals surface area contributed by atoms with Crippen LogP contribution in [0, 0.1) is 10.1 Å². The molecule has 1 rings (SSSR count). The van der Waals surface area contributed by atoms with E-state index in [1.807, 2.05) is 0 Å². The van der Waals surface area contributed by atoms with Crippen molar-refractivity contribution in [3.05, 3.63) is 46.0 Å². The van der Waals surface area contributed by atoms with E-state index in [0.717, 1.165) is 0 Å². The highest BCUT2D eigenvalue weighted by Crippen LogP contribution is 2.14. The Morgan fingerprint density at radius 3 is 2.40 bits per heavy atom. The molecule has 0 aliphatic carbocycles. The highest BCUT2D eigenvalue weighted by Gasteiger charge is 2.31. The van der Waals surface area contributed by atoms with Crippen LogP contribution in [0.3, 0.4) is 0 Å². The summed E-state index contributed by atoms with van der Waals surface area (Å²) in [6.07, 6.45) is -3.00. The highest BCUT2D eigenvalue weighted by atomic mass is 16.7. The van der Waals surface area contributed by atoms with Crippen LogP contribution in [0.4, 0.5) is 4.79 Å². The second kappa shape index (κ2) is 4.38. The van der Waals surface area contributed by atoms with Crippen LogP contribution in [0.5, 0.6) is 0 Å². The van der Waals surface area contributed by atoms with Gasteiger partial charge < -0.3 is 10.8 Å². The molecule has 15 heavy (non-hydrogen) atoms. The van der Waals surface area contributed by atoms with Crippen molar-refractivity contribution in [1.82, 2.24) is 5.01 Å². The van der Waals surface area contributed by atoms with Crippen molar-refractivity contribution in [3.8, 4) is 0 Å². The monoisotopic (exact) mass is 211 g/mol. The normalized spacial score (nSPS) is 11.8. The average Bonchev–Trinajstić information content (AvgIpc) is 2.18. The molecule has 0 fully saturated rings. The number of nitrogens with zero attached hydrogens (tertiary/aromatic N) is 2. The molecule has 0 aromatic heterocycles.